The molecule has 0 aromatic carbocycles. The van der Waals surface area contributed by atoms with Gasteiger partial charge < -0.3 is 11.1 Å². The number of nitrogens with two attached hydrogens (primary N) is 1. The van der Waals surface area contributed by atoms with Crippen molar-refractivity contribution in [3.8, 4) is 0 Å². The van der Waals surface area contributed by atoms with E-state index in [1.807, 2.05) is 17.5 Å². The van der Waals surface area contributed by atoms with Gasteiger partial charge in [-0.1, -0.05) is 0 Å². The molecule has 1 amide bonds. The van der Waals surface area contributed by atoms with Crippen molar-refractivity contribution in [2.45, 2.75) is 18.5 Å². The van der Waals surface area contributed by atoms with Gasteiger partial charge in [0.2, 0.25) is 0 Å². The maximum absolute atomic E-state index is 11.8. The average Bonchev–Trinajstić information content (AvgIpc) is 2.66. The molecule has 2 aromatic heterocycles. The van der Waals surface area contributed by atoms with Gasteiger partial charge in [-0.2, -0.15) is 0 Å². The fourth-order valence-corrected chi connectivity index (χ4v) is 3.51. The predicted molar refractivity (Wildman–Crippen MR) is 63.5 cm³/mol. The van der Waals surface area contributed by atoms with Gasteiger partial charge in [0.25, 0.3) is 5.91 Å². The van der Waals surface area contributed by atoms with E-state index in [9.17, 15) is 4.79 Å². The van der Waals surface area contributed by atoms with E-state index < -0.39 is 0 Å². The van der Waals surface area contributed by atoms with E-state index in [2.05, 4.69) is 5.32 Å². The first kappa shape index (κ1) is 9.33. The molecule has 15 heavy (non-hydrogen) atoms. The van der Waals surface area contributed by atoms with Crippen molar-refractivity contribution in [1.29, 1.82) is 0 Å². The Balaban J connectivity index is 1.81. The maximum Gasteiger partial charge on any atom is 0.261 e. The van der Waals surface area contributed by atoms with Gasteiger partial charge in [0.05, 0.1) is 4.88 Å². The highest BCUT2D eigenvalue weighted by Gasteiger charge is 2.35. The second-order valence-corrected chi connectivity index (χ2v) is 5.77. The largest absolute Gasteiger partial charge is 0.347 e. The van der Waals surface area contributed by atoms with Crippen molar-refractivity contribution in [3.63, 3.8) is 0 Å². The fraction of sp³-hybridized carbons (Fsp3) is 0.300. The second kappa shape index (κ2) is 3.30. The summed E-state index contributed by atoms with van der Waals surface area (Å²) in [5, 5.41) is 4.96. The molecule has 2 aromatic rings. The van der Waals surface area contributed by atoms with Gasteiger partial charge >= 0.3 is 0 Å². The number of nitrogens with one attached hydrogen (secondary N) is 1. The highest BCUT2D eigenvalue weighted by atomic mass is 32.1. The van der Waals surface area contributed by atoms with Crippen molar-refractivity contribution < 1.29 is 4.79 Å². The Morgan fingerprint density at radius 1 is 1.53 bits per heavy atom. The molecule has 0 spiro atoms. The van der Waals surface area contributed by atoms with Crippen LogP contribution in [-0.2, 0) is 0 Å². The summed E-state index contributed by atoms with van der Waals surface area (Å²) in [6.07, 6.45) is 0.908. The quantitative estimate of drug-likeness (QED) is 0.838. The lowest BCUT2D eigenvalue weighted by Gasteiger charge is -1.99. The highest BCUT2D eigenvalue weighted by molar-refractivity contribution is 7.27. The molecule has 78 valence electrons. The Bertz CT molecular complexity index is 488. The van der Waals surface area contributed by atoms with Crippen LogP contribution < -0.4 is 11.1 Å². The number of carbonyl (C=O) groups is 1. The van der Waals surface area contributed by atoms with Crippen LogP contribution in [0.2, 0.25) is 0 Å². The summed E-state index contributed by atoms with van der Waals surface area (Å²) >= 11 is 3.21. The number of hydrogen-bond donors (Lipinski definition) is 2. The molecule has 1 saturated carbocycles. The maximum atomic E-state index is 11.8. The Hall–Kier alpha value is -0.910. The molecule has 0 aliphatic heterocycles. The average molecular weight is 238 g/mol. The van der Waals surface area contributed by atoms with Crippen molar-refractivity contribution in [2.75, 3.05) is 0 Å². The number of fused-ring (bicyclic) bond motifs is 1. The fourth-order valence-electron chi connectivity index (χ4n) is 1.50. The Labute approximate surface area is 94.9 Å². The lowest BCUT2D eigenvalue weighted by molar-refractivity contribution is 0.0954. The van der Waals surface area contributed by atoms with Crippen molar-refractivity contribution in [2.24, 2.45) is 5.73 Å². The summed E-state index contributed by atoms with van der Waals surface area (Å²) in [6, 6.07) is 4.35. The SMILES string of the molecule is NC1CC1NC(=O)c1cc2sccc2s1. The van der Waals surface area contributed by atoms with E-state index in [1.165, 1.54) is 9.40 Å². The molecule has 3 rings (SSSR count). The van der Waals surface area contributed by atoms with Gasteiger partial charge in [0.15, 0.2) is 0 Å². The summed E-state index contributed by atoms with van der Waals surface area (Å²) in [5.74, 6) is 0.0151. The standard InChI is InChI=1S/C10H10N2OS2/c11-5-3-6(5)12-10(13)9-4-8-7(15-9)1-2-14-8/h1-2,4-6H,3,11H2,(H,12,13). The molecule has 0 bridgehead atoms. The van der Waals surface area contributed by atoms with Crippen LogP contribution in [0, 0.1) is 0 Å². The summed E-state index contributed by atoms with van der Waals surface area (Å²) in [5.41, 5.74) is 5.64. The predicted octanol–water partition coefficient (Wildman–Crippen LogP) is 1.79. The van der Waals surface area contributed by atoms with Gasteiger partial charge in [0.1, 0.15) is 0 Å². The van der Waals surface area contributed by atoms with E-state index in [1.54, 1.807) is 22.7 Å². The third kappa shape index (κ3) is 1.67. The molecule has 1 aliphatic carbocycles. The van der Waals surface area contributed by atoms with Crippen LogP contribution in [0.15, 0.2) is 17.5 Å². The highest BCUT2D eigenvalue weighted by Crippen LogP contribution is 2.30. The van der Waals surface area contributed by atoms with Crippen LogP contribution in [0.4, 0.5) is 0 Å². The summed E-state index contributed by atoms with van der Waals surface area (Å²) in [6.45, 7) is 0. The van der Waals surface area contributed by atoms with Crippen LogP contribution in [0.5, 0.6) is 0 Å². The zero-order valence-corrected chi connectivity index (χ0v) is 9.53. The number of rotatable bonds is 2. The number of amides is 1. The third-order valence-corrected chi connectivity index (χ3v) is 4.61. The smallest absolute Gasteiger partial charge is 0.261 e. The van der Waals surface area contributed by atoms with Crippen LogP contribution in [0.1, 0.15) is 16.1 Å². The molecule has 3 N–H and O–H groups in total. The van der Waals surface area contributed by atoms with Crippen LogP contribution >= 0.6 is 22.7 Å². The van der Waals surface area contributed by atoms with Crippen molar-refractivity contribution in [1.82, 2.24) is 5.32 Å². The van der Waals surface area contributed by atoms with Gasteiger partial charge in [-0.3, -0.25) is 4.79 Å². The lowest BCUT2D eigenvalue weighted by Crippen LogP contribution is -2.28. The first-order valence-corrected chi connectivity index (χ1v) is 6.47. The number of carbonyl (C=O) groups excluding carboxylic acids is 1. The molecule has 1 fully saturated rings. The van der Waals surface area contributed by atoms with Gasteiger partial charge in [-0.05, 0) is 23.9 Å². The van der Waals surface area contributed by atoms with E-state index in [0.29, 0.717) is 0 Å². The van der Waals surface area contributed by atoms with Crippen LogP contribution in [0.25, 0.3) is 9.40 Å². The Morgan fingerprint density at radius 2 is 2.33 bits per heavy atom. The van der Waals surface area contributed by atoms with E-state index in [4.69, 9.17) is 5.73 Å². The zero-order valence-electron chi connectivity index (χ0n) is 7.90. The monoisotopic (exact) mass is 238 g/mol. The molecule has 3 nitrogen and oxygen atoms in total. The molecule has 2 unspecified atom stereocenters. The van der Waals surface area contributed by atoms with Gasteiger partial charge in [0, 0.05) is 21.5 Å². The molecule has 5 heteroatoms. The van der Waals surface area contributed by atoms with E-state index in [0.717, 1.165) is 11.3 Å². The molecule has 1 aliphatic rings. The number of thiophene rings is 2. The molecule has 0 saturated heterocycles. The topological polar surface area (TPSA) is 55.1 Å². The van der Waals surface area contributed by atoms with E-state index in [-0.39, 0.29) is 18.0 Å². The minimum absolute atomic E-state index is 0.0151. The summed E-state index contributed by atoms with van der Waals surface area (Å²) < 4.78 is 2.37. The first-order chi connectivity index (χ1) is 7.24. The molecule has 2 heterocycles. The molecular formula is C10H10N2OS2. The second-order valence-electron chi connectivity index (χ2n) is 3.74. The summed E-state index contributed by atoms with van der Waals surface area (Å²) in [7, 11) is 0. The minimum Gasteiger partial charge on any atom is -0.347 e. The normalized spacial score (nSPS) is 24.3. The first-order valence-electron chi connectivity index (χ1n) is 4.77. The lowest BCUT2D eigenvalue weighted by atomic mass is 10.4. The molecule has 0 radical (unpaired) electrons. The summed E-state index contributed by atoms with van der Waals surface area (Å²) in [4.78, 5) is 12.5. The minimum atomic E-state index is 0.0151. The molecular weight excluding hydrogens is 228 g/mol. The van der Waals surface area contributed by atoms with Gasteiger partial charge in [-0.25, -0.2) is 0 Å². The van der Waals surface area contributed by atoms with Crippen molar-refractivity contribution in [3.05, 3.63) is 22.4 Å². The molecule has 2 atom stereocenters. The van der Waals surface area contributed by atoms with Crippen LogP contribution in [-0.4, -0.2) is 18.0 Å². The Morgan fingerprint density at radius 3 is 3.00 bits per heavy atom. The van der Waals surface area contributed by atoms with Gasteiger partial charge in [-0.15, -0.1) is 22.7 Å². The number of hydrogen-bond acceptors (Lipinski definition) is 4. The van der Waals surface area contributed by atoms with Crippen LogP contribution in [0.3, 0.4) is 0 Å². The van der Waals surface area contributed by atoms with Crippen molar-refractivity contribution >= 4 is 38.0 Å². The Kier molecular flexibility index (Phi) is 2.05. The third-order valence-electron chi connectivity index (χ3n) is 2.52. The zero-order chi connectivity index (χ0) is 10.4. The van der Waals surface area contributed by atoms with E-state index >= 15 is 0 Å².